The van der Waals surface area contributed by atoms with E-state index in [1.165, 1.54) is 0 Å². The third-order valence-electron chi connectivity index (χ3n) is 3.88. The van der Waals surface area contributed by atoms with E-state index < -0.39 is 5.92 Å². The number of hydrogen-bond donors (Lipinski definition) is 2. The van der Waals surface area contributed by atoms with Crippen molar-refractivity contribution < 1.29 is 9.47 Å². The van der Waals surface area contributed by atoms with Crippen LogP contribution in [0.2, 0.25) is 0 Å². The average molecular weight is 323 g/mol. The number of nitrogens with two attached hydrogens (primary N) is 1. The molecule has 0 saturated carbocycles. The summed E-state index contributed by atoms with van der Waals surface area (Å²) in [7, 11) is 0. The molecule has 1 atom stereocenters. The monoisotopic (exact) mass is 323 g/mol. The number of nitrogens with zero attached hydrogens (tertiary/aromatic N) is 1. The Morgan fingerprint density at radius 2 is 2.08 bits per heavy atom. The summed E-state index contributed by atoms with van der Waals surface area (Å²) in [5.41, 5.74) is 7.67. The zero-order chi connectivity index (χ0) is 17.3. The number of H-pyrrole nitrogens is 1. The molecule has 1 aromatic heterocycles. The van der Waals surface area contributed by atoms with E-state index in [9.17, 15) is 10.1 Å². The fourth-order valence-electron chi connectivity index (χ4n) is 2.86. The van der Waals surface area contributed by atoms with Crippen molar-refractivity contribution in [3.8, 4) is 17.6 Å². The highest BCUT2D eigenvalue weighted by atomic mass is 16.5. The Morgan fingerprint density at radius 3 is 2.71 bits per heavy atom. The molecule has 1 aliphatic heterocycles. The van der Waals surface area contributed by atoms with E-state index in [-0.39, 0.29) is 17.0 Å². The van der Waals surface area contributed by atoms with Crippen LogP contribution in [0, 0.1) is 18.3 Å². The quantitative estimate of drug-likeness (QED) is 0.902. The van der Waals surface area contributed by atoms with E-state index in [2.05, 4.69) is 11.1 Å². The van der Waals surface area contributed by atoms with Gasteiger partial charge in [-0.05, 0) is 31.5 Å². The first kappa shape index (κ1) is 15.7. The number of aryl methyl sites for hydroxylation is 1. The lowest BCUT2D eigenvalue weighted by Gasteiger charge is -2.25. The number of nitriles is 1. The van der Waals surface area contributed by atoms with Gasteiger partial charge in [-0.3, -0.25) is 4.79 Å². The molecule has 0 amide bonds. The summed E-state index contributed by atoms with van der Waals surface area (Å²) < 4.78 is 10.9. The molecular formula is C18H17N3O3. The van der Waals surface area contributed by atoms with E-state index >= 15 is 0 Å². The number of pyridine rings is 1. The van der Waals surface area contributed by atoms with Gasteiger partial charge in [0.25, 0.3) is 5.56 Å². The van der Waals surface area contributed by atoms with Gasteiger partial charge < -0.3 is 20.2 Å². The maximum absolute atomic E-state index is 12.5. The SMILES string of the molecule is CCOc1ccc([C@@H]2C(C#N)=C(N)Oc3cc(C)[nH]c(=O)c32)cc1. The van der Waals surface area contributed by atoms with Gasteiger partial charge in [0.1, 0.15) is 23.1 Å². The second kappa shape index (κ2) is 6.13. The molecule has 0 fully saturated rings. The summed E-state index contributed by atoms with van der Waals surface area (Å²) in [5.74, 6) is 0.557. The number of aromatic amines is 1. The second-order valence-electron chi connectivity index (χ2n) is 5.49. The van der Waals surface area contributed by atoms with Crippen LogP contribution in [0.1, 0.15) is 29.7 Å². The fourth-order valence-corrected chi connectivity index (χ4v) is 2.86. The normalized spacial score (nSPS) is 16.1. The Morgan fingerprint density at radius 1 is 1.38 bits per heavy atom. The van der Waals surface area contributed by atoms with Gasteiger partial charge in [0.15, 0.2) is 0 Å². The lowest BCUT2D eigenvalue weighted by atomic mass is 9.84. The van der Waals surface area contributed by atoms with Gasteiger partial charge in [0.2, 0.25) is 5.88 Å². The summed E-state index contributed by atoms with van der Waals surface area (Å²) in [6.07, 6.45) is 0. The molecule has 0 unspecified atom stereocenters. The molecule has 0 bridgehead atoms. The molecular weight excluding hydrogens is 306 g/mol. The Hall–Kier alpha value is -3.20. The molecule has 0 saturated heterocycles. The third kappa shape index (κ3) is 2.61. The van der Waals surface area contributed by atoms with E-state index in [1.54, 1.807) is 13.0 Å². The number of fused-ring (bicyclic) bond motifs is 1. The van der Waals surface area contributed by atoms with Gasteiger partial charge in [-0.1, -0.05) is 12.1 Å². The molecule has 2 heterocycles. The Bertz CT molecular complexity index is 905. The van der Waals surface area contributed by atoms with Crippen LogP contribution in [0.5, 0.6) is 11.5 Å². The van der Waals surface area contributed by atoms with Gasteiger partial charge >= 0.3 is 0 Å². The molecule has 1 aromatic carbocycles. The summed E-state index contributed by atoms with van der Waals surface area (Å²) in [6.45, 7) is 4.23. The zero-order valence-corrected chi connectivity index (χ0v) is 13.4. The Balaban J connectivity index is 2.18. The van der Waals surface area contributed by atoms with Crippen molar-refractivity contribution in [1.82, 2.24) is 4.98 Å². The molecule has 0 spiro atoms. The van der Waals surface area contributed by atoms with Crippen LogP contribution in [-0.4, -0.2) is 11.6 Å². The second-order valence-corrected chi connectivity index (χ2v) is 5.49. The molecule has 3 N–H and O–H groups in total. The highest BCUT2D eigenvalue weighted by Gasteiger charge is 2.33. The van der Waals surface area contributed by atoms with Crippen molar-refractivity contribution in [3.05, 3.63) is 69.0 Å². The number of ether oxygens (including phenoxy) is 2. The van der Waals surface area contributed by atoms with Gasteiger partial charge in [-0.2, -0.15) is 5.26 Å². The molecule has 6 nitrogen and oxygen atoms in total. The molecule has 1 aliphatic rings. The van der Waals surface area contributed by atoms with Crippen molar-refractivity contribution in [3.63, 3.8) is 0 Å². The van der Waals surface area contributed by atoms with Gasteiger partial charge in [-0.15, -0.1) is 0 Å². The fraction of sp³-hybridized carbons (Fsp3) is 0.222. The Kier molecular flexibility index (Phi) is 4.00. The van der Waals surface area contributed by atoms with Crippen LogP contribution >= 0.6 is 0 Å². The average Bonchev–Trinajstić information content (AvgIpc) is 2.54. The summed E-state index contributed by atoms with van der Waals surface area (Å²) in [5, 5.41) is 9.50. The van der Waals surface area contributed by atoms with Crippen LogP contribution in [0.25, 0.3) is 0 Å². The van der Waals surface area contributed by atoms with Crippen molar-refractivity contribution in [1.29, 1.82) is 5.26 Å². The number of nitrogens with one attached hydrogen (secondary N) is 1. The first-order chi connectivity index (χ1) is 11.5. The third-order valence-corrected chi connectivity index (χ3v) is 3.88. The molecule has 6 heteroatoms. The van der Waals surface area contributed by atoms with E-state index in [4.69, 9.17) is 15.2 Å². The van der Waals surface area contributed by atoms with E-state index in [0.29, 0.717) is 23.6 Å². The predicted molar refractivity (Wildman–Crippen MR) is 88.7 cm³/mol. The van der Waals surface area contributed by atoms with Crippen LogP contribution in [-0.2, 0) is 0 Å². The van der Waals surface area contributed by atoms with Crippen molar-refractivity contribution in [2.45, 2.75) is 19.8 Å². The van der Waals surface area contributed by atoms with E-state index in [0.717, 1.165) is 11.3 Å². The maximum Gasteiger partial charge on any atom is 0.256 e. The van der Waals surface area contributed by atoms with Gasteiger partial charge in [0.05, 0.1) is 18.1 Å². The number of rotatable bonds is 3. The Labute approximate surface area is 139 Å². The first-order valence-corrected chi connectivity index (χ1v) is 7.59. The number of hydrogen-bond acceptors (Lipinski definition) is 5. The number of allylic oxidation sites excluding steroid dienone is 1. The highest BCUT2D eigenvalue weighted by Crippen LogP contribution is 2.40. The summed E-state index contributed by atoms with van der Waals surface area (Å²) >= 11 is 0. The molecule has 0 aliphatic carbocycles. The van der Waals surface area contributed by atoms with Crippen LogP contribution < -0.4 is 20.8 Å². The first-order valence-electron chi connectivity index (χ1n) is 7.59. The minimum atomic E-state index is -0.571. The number of aromatic nitrogens is 1. The number of benzene rings is 1. The predicted octanol–water partition coefficient (Wildman–Crippen LogP) is 2.30. The van der Waals surface area contributed by atoms with Crippen molar-refractivity contribution in [2.24, 2.45) is 5.73 Å². The zero-order valence-electron chi connectivity index (χ0n) is 13.4. The minimum Gasteiger partial charge on any atom is -0.494 e. The molecule has 24 heavy (non-hydrogen) atoms. The molecule has 122 valence electrons. The summed E-state index contributed by atoms with van der Waals surface area (Å²) in [4.78, 5) is 15.2. The van der Waals surface area contributed by atoms with Crippen LogP contribution in [0.3, 0.4) is 0 Å². The lowest BCUT2D eigenvalue weighted by molar-refractivity contribution is 0.340. The highest BCUT2D eigenvalue weighted by molar-refractivity contribution is 5.55. The largest absolute Gasteiger partial charge is 0.494 e. The summed E-state index contributed by atoms with van der Waals surface area (Å²) in [6, 6.07) is 11.0. The minimum absolute atomic E-state index is 0.0221. The van der Waals surface area contributed by atoms with Crippen LogP contribution in [0.4, 0.5) is 0 Å². The molecule has 2 aromatic rings. The molecule has 0 radical (unpaired) electrons. The van der Waals surface area contributed by atoms with Gasteiger partial charge in [0, 0.05) is 11.8 Å². The topological polar surface area (TPSA) is 101 Å². The van der Waals surface area contributed by atoms with E-state index in [1.807, 2.05) is 31.2 Å². The molecule has 3 rings (SSSR count). The standard InChI is InChI=1S/C18H17N3O3/c1-3-23-12-6-4-11(5-7-12)15-13(9-19)17(20)24-14-8-10(2)21-18(22)16(14)15/h4-8,15H,3,20H2,1-2H3,(H,21,22)/t15-/m1/s1. The van der Waals surface area contributed by atoms with Crippen molar-refractivity contribution in [2.75, 3.05) is 6.61 Å². The van der Waals surface area contributed by atoms with Gasteiger partial charge in [-0.25, -0.2) is 0 Å². The van der Waals surface area contributed by atoms with Crippen LogP contribution in [0.15, 0.2) is 46.6 Å². The maximum atomic E-state index is 12.5. The van der Waals surface area contributed by atoms with Crippen molar-refractivity contribution >= 4 is 0 Å². The lowest BCUT2D eigenvalue weighted by Crippen LogP contribution is -2.28. The smallest absolute Gasteiger partial charge is 0.256 e.